The van der Waals surface area contributed by atoms with Crippen LogP contribution in [0.5, 0.6) is 0 Å². The van der Waals surface area contributed by atoms with Crippen LogP contribution in [-0.2, 0) is 10.0 Å². The minimum atomic E-state index is -3.60. The van der Waals surface area contributed by atoms with Crippen LogP contribution < -0.4 is 5.32 Å². The Hall–Kier alpha value is -1.89. The molecule has 0 aliphatic rings. The molecular weight excluding hydrogens is 396 g/mol. The van der Waals surface area contributed by atoms with Crippen LogP contribution in [0.4, 0.5) is 5.69 Å². The van der Waals surface area contributed by atoms with Gasteiger partial charge in [-0.25, -0.2) is 8.42 Å². The zero-order valence-electron chi connectivity index (χ0n) is 16.6. The summed E-state index contributed by atoms with van der Waals surface area (Å²) in [6.45, 7) is 8.91. The van der Waals surface area contributed by atoms with Gasteiger partial charge in [-0.1, -0.05) is 51.4 Å². The summed E-state index contributed by atoms with van der Waals surface area (Å²) in [5.74, 6) is 0.105. The van der Waals surface area contributed by atoms with E-state index in [1.807, 2.05) is 27.7 Å². The van der Waals surface area contributed by atoms with Crippen molar-refractivity contribution in [2.45, 2.75) is 32.6 Å². The molecule has 0 fully saturated rings. The monoisotopic (exact) mass is 422 g/mol. The maximum absolute atomic E-state index is 13.0. The second-order valence-electron chi connectivity index (χ2n) is 7.57. The van der Waals surface area contributed by atoms with Crippen LogP contribution in [0.3, 0.4) is 0 Å². The number of hydrogen-bond acceptors (Lipinski definition) is 3. The van der Waals surface area contributed by atoms with E-state index in [0.29, 0.717) is 29.4 Å². The van der Waals surface area contributed by atoms with Gasteiger partial charge in [0.1, 0.15) is 0 Å². The van der Waals surface area contributed by atoms with Gasteiger partial charge in [-0.05, 0) is 48.2 Å². The molecule has 2 aromatic carbocycles. The van der Waals surface area contributed by atoms with Gasteiger partial charge in [-0.15, -0.1) is 0 Å². The molecular formula is C21H27ClN2O3S. The molecule has 0 aromatic heterocycles. The molecule has 0 saturated heterocycles. The third-order valence-electron chi connectivity index (χ3n) is 4.01. The van der Waals surface area contributed by atoms with Crippen LogP contribution in [0.2, 0.25) is 5.02 Å². The summed E-state index contributed by atoms with van der Waals surface area (Å²) in [5, 5.41) is 3.10. The summed E-state index contributed by atoms with van der Waals surface area (Å²) in [6.07, 6.45) is 0. The summed E-state index contributed by atoms with van der Waals surface area (Å²) in [6, 6.07) is 13.0. The normalized spacial score (nSPS) is 12.0. The lowest BCUT2D eigenvalue weighted by Gasteiger charge is -2.25. The number of nitrogens with one attached hydrogen (secondary N) is 1. The Kier molecular flexibility index (Phi) is 7.63. The maximum atomic E-state index is 13.0. The standard InChI is InChI=1S/C21H27ClN2O3S/c1-15(2)13-24(14-16(3)4)28(26,27)18-11-9-17(10-12-18)23-21(25)19-7-5-6-8-20(19)22/h5-12,15-16H,13-14H2,1-4H3,(H,23,25). The van der Waals surface area contributed by atoms with E-state index >= 15 is 0 Å². The lowest BCUT2D eigenvalue weighted by molar-refractivity contribution is 0.102. The molecule has 152 valence electrons. The van der Waals surface area contributed by atoms with Crippen molar-refractivity contribution in [1.82, 2.24) is 4.31 Å². The number of hydrogen-bond donors (Lipinski definition) is 1. The number of benzene rings is 2. The smallest absolute Gasteiger partial charge is 0.257 e. The quantitative estimate of drug-likeness (QED) is 0.658. The Morgan fingerprint density at radius 1 is 0.964 bits per heavy atom. The lowest BCUT2D eigenvalue weighted by atomic mass is 10.2. The van der Waals surface area contributed by atoms with Crippen LogP contribution in [0.25, 0.3) is 0 Å². The number of anilines is 1. The highest BCUT2D eigenvalue weighted by Crippen LogP contribution is 2.22. The minimum absolute atomic E-state index is 0.213. The maximum Gasteiger partial charge on any atom is 0.257 e. The fourth-order valence-corrected chi connectivity index (χ4v) is 4.78. The van der Waals surface area contributed by atoms with Gasteiger partial charge in [0.25, 0.3) is 5.91 Å². The highest BCUT2D eigenvalue weighted by atomic mass is 35.5. The van der Waals surface area contributed by atoms with Gasteiger partial charge in [0, 0.05) is 18.8 Å². The molecule has 0 aliphatic carbocycles. The second kappa shape index (κ2) is 9.54. The van der Waals surface area contributed by atoms with Crippen LogP contribution in [0, 0.1) is 11.8 Å². The SMILES string of the molecule is CC(C)CN(CC(C)C)S(=O)(=O)c1ccc(NC(=O)c2ccccc2Cl)cc1. The Labute approximate surface area is 172 Å². The zero-order valence-corrected chi connectivity index (χ0v) is 18.2. The largest absolute Gasteiger partial charge is 0.322 e. The Bertz CT molecular complexity index is 900. The van der Waals surface area contributed by atoms with E-state index in [1.54, 1.807) is 36.4 Å². The Morgan fingerprint density at radius 2 is 1.50 bits per heavy atom. The van der Waals surface area contributed by atoms with E-state index < -0.39 is 10.0 Å². The van der Waals surface area contributed by atoms with E-state index in [2.05, 4.69) is 5.32 Å². The first kappa shape index (κ1) is 22.4. The molecule has 2 rings (SSSR count). The number of amides is 1. The summed E-state index contributed by atoms with van der Waals surface area (Å²) >= 11 is 6.04. The molecule has 28 heavy (non-hydrogen) atoms. The highest BCUT2D eigenvalue weighted by Gasteiger charge is 2.25. The zero-order chi connectivity index (χ0) is 20.9. The number of sulfonamides is 1. The van der Waals surface area contributed by atoms with Gasteiger partial charge in [-0.3, -0.25) is 4.79 Å². The molecule has 0 bridgehead atoms. The average Bonchev–Trinajstić information content (AvgIpc) is 2.61. The summed E-state index contributed by atoms with van der Waals surface area (Å²) in [4.78, 5) is 12.6. The van der Waals surface area contributed by atoms with Crippen molar-refractivity contribution in [3.8, 4) is 0 Å². The minimum Gasteiger partial charge on any atom is -0.322 e. The van der Waals surface area contributed by atoms with E-state index in [1.165, 1.54) is 16.4 Å². The number of rotatable bonds is 8. The molecule has 0 unspecified atom stereocenters. The molecule has 0 aliphatic heterocycles. The average molecular weight is 423 g/mol. The predicted molar refractivity (Wildman–Crippen MR) is 114 cm³/mol. The Balaban J connectivity index is 2.20. The molecule has 0 atom stereocenters. The molecule has 1 N–H and O–H groups in total. The van der Waals surface area contributed by atoms with Crippen LogP contribution in [0.1, 0.15) is 38.1 Å². The predicted octanol–water partition coefficient (Wildman–Crippen LogP) is 4.90. The van der Waals surface area contributed by atoms with Crippen LogP contribution in [0.15, 0.2) is 53.4 Å². The van der Waals surface area contributed by atoms with Crippen LogP contribution in [-0.4, -0.2) is 31.7 Å². The fraction of sp³-hybridized carbons (Fsp3) is 0.381. The van der Waals surface area contributed by atoms with E-state index in [4.69, 9.17) is 11.6 Å². The third-order valence-corrected chi connectivity index (χ3v) is 6.18. The number of carbonyl (C=O) groups excluding carboxylic acids is 1. The molecule has 7 heteroatoms. The first-order chi connectivity index (χ1) is 13.1. The van der Waals surface area contributed by atoms with Crippen LogP contribution >= 0.6 is 11.6 Å². The summed E-state index contributed by atoms with van der Waals surface area (Å²) in [5.41, 5.74) is 0.865. The van der Waals surface area contributed by atoms with E-state index in [9.17, 15) is 13.2 Å². The van der Waals surface area contributed by atoms with Crippen molar-refractivity contribution >= 4 is 33.2 Å². The first-order valence-electron chi connectivity index (χ1n) is 9.27. The van der Waals surface area contributed by atoms with Gasteiger partial charge in [0.05, 0.1) is 15.5 Å². The van der Waals surface area contributed by atoms with Crippen molar-refractivity contribution < 1.29 is 13.2 Å². The molecule has 0 heterocycles. The number of carbonyl (C=O) groups is 1. The topological polar surface area (TPSA) is 66.5 Å². The molecule has 0 saturated carbocycles. The van der Waals surface area contributed by atoms with Gasteiger partial charge in [0.15, 0.2) is 0 Å². The van der Waals surface area contributed by atoms with Gasteiger partial charge >= 0.3 is 0 Å². The molecule has 1 amide bonds. The second-order valence-corrected chi connectivity index (χ2v) is 9.91. The molecule has 5 nitrogen and oxygen atoms in total. The van der Waals surface area contributed by atoms with Crippen molar-refractivity contribution in [2.75, 3.05) is 18.4 Å². The van der Waals surface area contributed by atoms with E-state index in [-0.39, 0.29) is 22.6 Å². The molecule has 2 aromatic rings. The Morgan fingerprint density at radius 3 is 2.00 bits per heavy atom. The number of nitrogens with zero attached hydrogens (tertiary/aromatic N) is 1. The van der Waals surface area contributed by atoms with Crippen molar-refractivity contribution in [3.05, 3.63) is 59.1 Å². The molecule has 0 spiro atoms. The highest BCUT2D eigenvalue weighted by molar-refractivity contribution is 7.89. The number of halogens is 1. The van der Waals surface area contributed by atoms with Crippen molar-refractivity contribution in [1.29, 1.82) is 0 Å². The van der Waals surface area contributed by atoms with Gasteiger partial charge in [-0.2, -0.15) is 4.31 Å². The van der Waals surface area contributed by atoms with Gasteiger partial charge < -0.3 is 5.32 Å². The third kappa shape index (κ3) is 5.80. The lowest BCUT2D eigenvalue weighted by Crippen LogP contribution is -2.37. The van der Waals surface area contributed by atoms with E-state index in [0.717, 1.165) is 0 Å². The fourth-order valence-electron chi connectivity index (χ4n) is 2.79. The summed E-state index contributed by atoms with van der Waals surface area (Å²) < 4.78 is 27.6. The molecule has 0 radical (unpaired) electrons. The van der Waals surface area contributed by atoms with Gasteiger partial charge in [0.2, 0.25) is 10.0 Å². The summed E-state index contributed by atoms with van der Waals surface area (Å²) in [7, 11) is -3.60. The first-order valence-corrected chi connectivity index (χ1v) is 11.1. The van der Waals surface area contributed by atoms with Crippen molar-refractivity contribution in [3.63, 3.8) is 0 Å². The van der Waals surface area contributed by atoms with Crippen molar-refractivity contribution in [2.24, 2.45) is 11.8 Å².